The maximum absolute atomic E-state index is 13.4. The number of halogens is 2. The van der Waals surface area contributed by atoms with E-state index in [1.54, 1.807) is 12.1 Å². The predicted molar refractivity (Wildman–Crippen MR) is 81.2 cm³/mol. The Morgan fingerprint density at radius 3 is 2.64 bits per heavy atom. The molecule has 0 saturated heterocycles. The largest absolute Gasteiger partial charge is 0.495 e. The van der Waals surface area contributed by atoms with Gasteiger partial charge in [0.05, 0.1) is 25.0 Å². The molecule has 22 heavy (non-hydrogen) atoms. The van der Waals surface area contributed by atoms with Gasteiger partial charge in [-0.15, -0.1) is 0 Å². The van der Waals surface area contributed by atoms with Crippen LogP contribution in [0.4, 0.5) is 20.2 Å². The van der Waals surface area contributed by atoms with Crippen LogP contribution < -0.4 is 15.4 Å². The van der Waals surface area contributed by atoms with Crippen molar-refractivity contribution in [2.24, 2.45) is 0 Å². The number of hydrogen-bond donors (Lipinski definition) is 2. The lowest BCUT2D eigenvalue weighted by Gasteiger charge is -2.12. The molecule has 2 N–H and O–H groups in total. The number of carbonyl (C=O) groups excluding carboxylic acids is 1. The van der Waals surface area contributed by atoms with Crippen LogP contribution in [0.15, 0.2) is 36.4 Å². The predicted octanol–water partition coefficient (Wildman–Crippen LogP) is 3.33. The highest BCUT2D eigenvalue weighted by molar-refractivity contribution is 5.95. The zero-order valence-corrected chi connectivity index (χ0v) is 12.2. The third kappa shape index (κ3) is 3.94. The number of nitrogens with one attached hydrogen (secondary N) is 2. The van der Waals surface area contributed by atoms with Gasteiger partial charge in [-0.1, -0.05) is 6.07 Å². The molecule has 0 heterocycles. The van der Waals surface area contributed by atoms with Gasteiger partial charge in [-0.3, -0.25) is 4.79 Å². The van der Waals surface area contributed by atoms with Gasteiger partial charge in [0.15, 0.2) is 0 Å². The van der Waals surface area contributed by atoms with Crippen LogP contribution in [0.3, 0.4) is 0 Å². The maximum Gasteiger partial charge on any atom is 0.243 e. The van der Waals surface area contributed by atoms with E-state index in [1.807, 2.05) is 13.0 Å². The van der Waals surface area contributed by atoms with Crippen molar-refractivity contribution >= 4 is 17.3 Å². The molecule has 0 bridgehead atoms. The summed E-state index contributed by atoms with van der Waals surface area (Å²) in [5.74, 6) is -1.07. The molecule has 0 atom stereocenters. The fourth-order valence-corrected chi connectivity index (χ4v) is 1.92. The van der Waals surface area contributed by atoms with Crippen LogP contribution in [0.25, 0.3) is 0 Å². The first-order valence-electron chi connectivity index (χ1n) is 6.63. The molecule has 0 fully saturated rings. The molecule has 0 unspecified atom stereocenters. The molecule has 6 heteroatoms. The molecule has 0 saturated carbocycles. The molecule has 2 rings (SSSR count). The Labute approximate surface area is 127 Å². The van der Waals surface area contributed by atoms with E-state index >= 15 is 0 Å². The number of amides is 1. The topological polar surface area (TPSA) is 50.4 Å². The summed E-state index contributed by atoms with van der Waals surface area (Å²) in [5, 5.41) is 5.22. The molecule has 4 nitrogen and oxygen atoms in total. The molecular formula is C16H16F2N2O2. The van der Waals surface area contributed by atoms with Gasteiger partial charge in [-0.2, -0.15) is 0 Å². The summed E-state index contributed by atoms with van der Waals surface area (Å²) in [6.45, 7) is 1.69. The number of rotatable bonds is 5. The zero-order chi connectivity index (χ0) is 16.1. The number of methoxy groups -OCH3 is 1. The van der Waals surface area contributed by atoms with Crippen LogP contribution in [-0.4, -0.2) is 19.6 Å². The van der Waals surface area contributed by atoms with Crippen LogP contribution >= 0.6 is 0 Å². The summed E-state index contributed by atoms with van der Waals surface area (Å²) in [6, 6.07) is 8.37. The fraction of sp³-hybridized carbons (Fsp3) is 0.188. The highest BCUT2D eigenvalue weighted by Crippen LogP contribution is 2.25. The van der Waals surface area contributed by atoms with Crippen LogP contribution in [0, 0.1) is 18.6 Å². The summed E-state index contributed by atoms with van der Waals surface area (Å²) >= 11 is 0. The van der Waals surface area contributed by atoms with E-state index in [4.69, 9.17) is 4.74 Å². The minimum absolute atomic E-state index is 0.0636. The summed E-state index contributed by atoms with van der Waals surface area (Å²) < 4.78 is 31.6. The second kappa shape index (κ2) is 6.89. The molecule has 0 aliphatic rings. The monoisotopic (exact) mass is 306 g/mol. The van der Waals surface area contributed by atoms with Gasteiger partial charge in [0.1, 0.15) is 17.4 Å². The van der Waals surface area contributed by atoms with Crippen molar-refractivity contribution in [3.8, 4) is 5.75 Å². The van der Waals surface area contributed by atoms with Gasteiger partial charge in [0.25, 0.3) is 0 Å². The smallest absolute Gasteiger partial charge is 0.243 e. The zero-order valence-electron chi connectivity index (χ0n) is 12.2. The Bertz CT molecular complexity index is 690. The number of hydrogen-bond acceptors (Lipinski definition) is 3. The fourth-order valence-electron chi connectivity index (χ4n) is 1.92. The standard InChI is InChI=1S/C16H16F2N2O2/c1-10-3-6-15(22-2)14(7-10)20-16(21)9-19-13-8-11(17)4-5-12(13)18/h3-8,19H,9H2,1-2H3,(H,20,21). The van der Waals surface area contributed by atoms with Crippen molar-refractivity contribution in [2.45, 2.75) is 6.92 Å². The van der Waals surface area contributed by atoms with Gasteiger partial charge < -0.3 is 15.4 Å². The van der Waals surface area contributed by atoms with Gasteiger partial charge in [-0.25, -0.2) is 8.78 Å². The van der Waals surface area contributed by atoms with Crippen LogP contribution in [0.2, 0.25) is 0 Å². The molecule has 1 amide bonds. The lowest BCUT2D eigenvalue weighted by molar-refractivity contribution is -0.114. The van der Waals surface area contributed by atoms with Crippen molar-refractivity contribution in [1.29, 1.82) is 0 Å². The normalized spacial score (nSPS) is 10.2. The van der Waals surface area contributed by atoms with E-state index in [2.05, 4.69) is 10.6 Å². The molecule has 116 valence electrons. The third-order valence-electron chi connectivity index (χ3n) is 3.00. The Hall–Kier alpha value is -2.63. The number of aryl methyl sites for hydroxylation is 1. The summed E-state index contributed by atoms with van der Waals surface area (Å²) in [6.07, 6.45) is 0. The molecule has 0 spiro atoms. The quantitative estimate of drug-likeness (QED) is 0.891. The van der Waals surface area contributed by atoms with Crippen LogP contribution in [0.5, 0.6) is 5.75 Å². The summed E-state index contributed by atoms with van der Waals surface area (Å²) in [5.41, 5.74) is 1.42. The van der Waals surface area contributed by atoms with E-state index in [-0.39, 0.29) is 12.2 Å². The molecule has 0 aromatic heterocycles. The second-order valence-electron chi connectivity index (χ2n) is 4.73. The first-order valence-corrected chi connectivity index (χ1v) is 6.63. The summed E-state index contributed by atoms with van der Waals surface area (Å²) in [7, 11) is 1.50. The SMILES string of the molecule is COc1ccc(C)cc1NC(=O)CNc1cc(F)ccc1F. The van der Waals surface area contributed by atoms with Gasteiger partial charge in [0, 0.05) is 0 Å². The molecule has 0 radical (unpaired) electrons. The van der Waals surface area contributed by atoms with Crippen molar-refractivity contribution < 1.29 is 18.3 Å². The number of carbonyl (C=O) groups is 1. The molecule has 2 aromatic rings. The number of benzene rings is 2. The van der Waals surface area contributed by atoms with Gasteiger partial charge >= 0.3 is 0 Å². The summed E-state index contributed by atoms with van der Waals surface area (Å²) in [4.78, 5) is 11.9. The van der Waals surface area contributed by atoms with Crippen molar-refractivity contribution in [1.82, 2.24) is 0 Å². The molecular weight excluding hydrogens is 290 g/mol. The van der Waals surface area contributed by atoms with E-state index < -0.39 is 17.5 Å². The molecule has 0 aliphatic heterocycles. The Morgan fingerprint density at radius 2 is 1.91 bits per heavy atom. The Morgan fingerprint density at radius 1 is 1.14 bits per heavy atom. The first-order chi connectivity index (χ1) is 10.5. The first kappa shape index (κ1) is 15.8. The maximum atomic E-state index is 13.4. The van der Waals surface area contributed by atoms with E-state index in [1.165, 1.54) is 7.11 Å². The lowest BCUT2D eigenvalue weighted by atomic mass is 10.2. The highest BCUT2D eigenvalue weighted by atomic mass is 19.1. The van der Waals surface area contributed by atoms with Gasteiger partial charge in [-0.05, 0) is 42.8 Å². The van der Waals surface area contributed by atoms with E-state index in [0.717, 1.165) is 23.8 Å². The van der Waals surface area contributed by atoms with Crippen molar-refractivity contribution in [3.63, 3.8) is 0 Å². The minimum Gasteiger partial charge on any atom is -0.495 e. The Balaban J connectivity index is 2.01. The van der Waals surface area contributed by atoms with Crippen LogP contribution in [-0.2, 0) is 4.79 Å². The Kier molecular flexibility index (Phi) is 4.93. The van der Waals surface area contributed by atoms with E-state index in [9.17, 15) is 13.6 Å². The average molecular weight is 306 g/mol. The van der Waals surface area contributed by atoms with Crippen molar-refractivity contribution in [2.75, 3.05) is 24.3 Å². The third-order valence-corrected chi connectivity index (χ3v) is 3.00. The van der Waals surface area contributed by atoms with Crippen LogP contribution in [0.1, 0.15) is 5.56 Å². The second-order valence-corrected chi connectivity index (χ2v) is 4.73. The number of anilines is 2. The van der Waals surface area contributed by atoms with Crippen molar-refractivity contribution in [3.05, 3.63) is 53.6 Å². The minimum atomic E-state index is -0.623. The lowest BCUT2D eigenvalue weighted by Crippen LogP contribution is -2.22. The molecule has 2 aromatic carbocycles. The van der Waals surface area contributed by atoms with Gasteiger partial charge in [0.2, 0.25) is 5.91 Å². The highest BCUT2D eigenvalue weighted by Gasteiger charge is 2.09. The average Bonchev–Trinajstić information content (AvgIpc) is 2.48. The molecule has 0 aliphatic carbocycles. The number of ether oxygens (including phenoxy) is 1. The van der Waals surface area contributed by atoms with E-state index in [0.29, 0.717) is 11.4 Å².